The first-order valence-electron chi connectivity index (χ1n) is 10.6. The van der Waals surface area contributed by atoms with Crippen LogP contribution in [0.4, 0.5) is 5.69 Å². The van der Waals surface area contributed by atoms with Crippen LogP contribution in [0, 0.1) is 11.8 Å². The van der Waals surface area contributed by atoms with Crippen molar-refractivity contribution in [3.63, 3.8) is 0 Å². The van der Waals surface area contributed by atoms with E-state index in [1.807, 2.05) is 13.8 Å². The summed E-state index contributed by atoms with van der Waals surface area (Å²) in [5.74, 6) is 1.50. The molecule has 0 radical (unpaired) electrons. The van der Waals surface area contributed by atoms with Gasteiger partial charge in [0.15, 0.2) is 0 Å². The predicted octanol–water partition coefficient (Wildman–Crippen LogP) is 3.17. The fourth-order valence-corrected chi connectivity index (χ4v) is 6.17. The minimum atomic E-state index is -3.53. The minimum absolute atomic E-state index is 0.0772. The van der Waals surface area contributed by atoms with Crippen LogP contribution >= 0.6 is 0 Å². The van der Waals surface area contributed by atoms with Gasteiger partial charge in [0.25, 0.3) is 0 Å². The Morgan fingerprint density at radius 3 is 2.57 bits per heavy atom. The van der Waals surface area contributed by atoms with Crippen LogP contribution in [-0.4, -0.2) is 56.3 Å². The molecule has 28 heavy (non-hydrogen) atoms. The summed E-state index contributed by atoms with van der Waals surface area (Å²) >= 11 is 0. The summed E-state index contributed by atoms with van der Waals surface area (Å²) in [4.78, 5) is 15.0. The lowest BCUT2D eigenvalue weighted by Crippen LogP contribution is -2.44. The number of fused-ring (bicyclic) bond motifs is 1. The molecule has 0 aromatic heterocycles. The smallest absolute Gasteiger partial charge is 0.243 e. The molecule has 0 unspecified atom stereocenters. The number of anilines is 1. The quantitative estimate of drug-likeness (QED) is 0.754. The van der Waals surface area contributed by atoms with Gasteiger partial charge >= 0.3 is 0 Å². The number of carbonyl (C=O) groups excluding carboxylic acids is 1. The molecule has 2 atom stereocenters. The predicted molar refractivity (Wildman–Crippen MR) is 112 cm³/mol. The van der Waals surface area contributed by atoms with Crippen LogP contribution in [0.15, 0.2) is 29.2 Å². The second-order valence-electron chi connectivity index (χ2n) is 7.99. The van der Waals surface area contributed by atoms with Crippen LogP contribution in [-0.2, 0) is 14.8 Å². The summed E-state index contributed by atoms with van der Waals surface area (Å²) in [5, 5.41) is 2.89. The summed E-state index contributed by atoms with van der Waals surface area (Å²) in [6.07, 6.45) is 6.49. The van der Waals surface area contributed by atoms with E-state index in [0.29, 0.717) is 25.3 Å². The summed E-state index contributed by atoms with van der Waals surface area (Å²) in [6.45, 7) is 6.85. The monoisotopic (exact) mass is 407 g/mol. The highest BCUT2D eigenvalue weighted by Crippen LogP contribution is 2.35. The van der Waals surface area contributed by atoms with E-state index in [-0.39, 0.29) is 10.8 Å². The van der Waals surface area contributed by atoms with Crippen molar-refractivity contribution in [2.75, 3.05) is 38.0 Å². The molecule has 0 spiro atoms. The molecule has 0 bridgehead atoms. The number of rotatable bonds is 7. The lowest BCUT2D eigenvalue weighted by molar-refractivity contribution is -0.118. The molecule has 7 heteroatoms. The number of piperidine rings is 1. The number of sulfonamides is 1. The van der Waals surface area contributed by atoms with Crippen molar-refractivity contribution in [1.82, 2.24) is 9.21 Å². The zero-order chi connectivity index (χ0) is 20.1. The minimum Gasteiger partial charge on any atom is -0.325 e. The number of hydrogen-bond acceptors (Lipinski definition) is 4. The van der Waals surface area contributed by atoms with E-state index in [9.17, 15) is 13.2 Å². The fourth-order valence-electron chi connectivity index (χ4n) is 4.67. The highest BCUT2D eigenvalue weighted by atomic mass is 32.2. The van der Waals surface area contributed by atoms with Crippen molar-refractivity contribution < 1.29 is 13.2 Å². The van der Waals surface area contributed by atoms with Gasteiger partial charge in [-0.3, -0.25) is 9.69 Å². The van der Waals surface area contributed by atoms with Crippen molar-refractivity contribution in [1.29, 1.82) is 0 Å². The molecule has 1 saturated carbocycles. The van der Waals surface area contributed by atoms with E-state index in [0.717, 1.165) is 24.9 Å². The van der Waals surface area contributed by atoms with Crippen molar-refractivity contribution >= 4 is 21.6 Å². The zero-order valence-corrected chi connectivity index (χ0v) is 17.9. The van der Waals surface area contributed by atoms with E-state index < -0.39 is 10.0 Å². The lowest BCUT2D eigenvalue weighted by atomic mass is 9.75. The average molecular weight is 408 g/mol. The number of nitrogens with one attached hydrogen (secondary N) is 1. The Kier molecular flexibility index (Phi) is 7.12. The second-order valence-corrected chi connectivity index (χ2v) is 9.93. The standard InChI is InChI=1S/C21H33N3O3S/c1-3-24(4-2)28(26,27)20-11-7-10-19(14-20)22-21(25)16-23-13-12-17-8-5-6-9-18(17)15-23/h7,10-11,14,17-18H,3-6,8-9,12-13,15-16H2,1-2H3,(H,22,25)/t17-,18+/m0/s1. The van der Waals surface area contributed by atoms with Gasteiger partial charge in [0.2, 0.25) is 15.9 Å². The van der Waals surface area contributed by atoms with Crippen LogP contribution in [0.2, 0.25) is 0 Å². The highest BCUT2D eigenvalue weighted by molar-refractivity contribution is 7.89. The van der Waals surface area contributed by atoms with Crippen molar-refractivity contribution in [3.05, 3.63) is 24.3 Å². The summed E-state index contributed by atoms with van der Waals surface area (Å²) < 4.78 is 26.8. The highest BCUT2D eigenvalue weighted by Gasteiger charge is 2.31. The van der Waals surface area contributed by atoms with Crippen LogP contribution < -0.4 is 5.32 Å². The zero-order valence-electron chi connectivity index (χ0n) is 17.1. The van der Waals surface area contributed by atoms with Gasteiger partial charge in [-0.1, -0.05) is 39.2 Å². The summed E-state index contributed by atoms with van der Waals surface area (Å²) in [5.41, 5.74) is 0.533. The normalized spacial score (nSPS) is 23.4. The molecule has 1 aliphatic carbocycles. The molecule has 2 fully saturated rings. The van der Waals surface area contributed by atoms with Crippen LogP contribution in [0.25, 0.3) is 0 Å². The summed E-state index contributed by atoms with van der Waals surface area (Å²) in [6, 6.07) is 6.56. The van der Waals surface area contributed by atoms with E-state index in [1.165, 1.54) is 36.4 Å². The third-order valence-electron chi connectivity index (χ3n) is 6.20. The van der Waals surface area contributed by atoms with Gasteiger partial charge in [-0.15, -0.1) is 0 Å². The van der Waals surface area contributed by atoms with Crippen LogP contribution in [0.1, 0.15) is 46.0 Å². The van der Waals surface area contributed by atoms with Gasteiger partial charge in [0.1, 0.15) is 0 Å². The van der Waals surface area contributed by atoms with Crippen LogP contribution in [0.5, 0.6) is 0 Å². The molecule has 3 rings (SSSR count). The van der Waals surface area contributed by atoms with E-state index in [1.54, 1.807) is 24.3 Å². The molecule has 1 aliphatic heterocycles. The fraction of sp³-hybridized carbons (Fsp3) is 0.667. The maximum absolute atomic E-state index is 12.7. The number of likely N-dealkylation sites (tertiary alicyclic amines) is 1. The number of nitrogens with zero attached hydrogens (tertiary/aromatic N) is 2. The Balaban J connectivity index is 1.60. The molecule has 156 valence electrons. The SMILES string of the molecule is CCN(CC)S(=O)(=O)c1cccc(NC(=O)CN2CC[C@@H]3CCCC[C@@H]3C2)c1. The first-order chi connectivity index (χ1) is 13.4. The molecule has 1 saturated heterocycles. The molecule has 1 amide bonds. The Hall–Kier alpha value is -1.44. The third kappa shape index (κ3) is 4.93. The maximum atomic E-state index is 12.7. The number of amides is 1. The molecule has 1 N–H and O–H groups in total. The Labute approximate surface area is 169 Å². The average Bonchev–Trinajstić information content (AvgIpc) is 2.68. The lowest BCUT2D eigenvalue weighted by Gasteiger charge is -2.41. The molecule has 2 aliphatic rings. The van der Waals surface area contributed by atoms with Crippen molar-refractivity contribution in [2.24, 2.45) is 11.8 Å². The van der Waals surface area contributed by atoms with Gasteiger partial charge in [0, 0.05) is 25.3 Å². The number of hydrogen-bond donors (Lipinski definition) is 1. The van der Waals surface area contributed by atoms with Gasteiger partial charge in [-0.25, -0.2) is 8.42 Å². The van der Waals surface area contributed by atoms with E-state index >= 15 is 0 Å². The van der Waals surface area contributed by atoms with E-state index in [2.05, 4.69) is 10.2 Å². The van der Waals surface area contributed by atoms with Crippen molar-refractivity contribution in [2.45, 2.75) is 50.8 Å². The molecular formula is C21H33N3O3S. The van der Waals surface area contributed by atoms with Gasteiger partial charge < -0.3 is 5.32 Å². The second kappa shape index (κ2) is 9.37. The van der Waals surface area contributed by atoms with Crippen LogP contribution in [0.3, 0.4) is 0 Å². The topological polar surface area (TPSA) is 69.7 Å². The number of benzene rings is 1. The summed E-state index contributed by atoms with van der Waals surface area (Å²) in [7, 11) is -3.53. The molecule has 1 aromatic carbocycles. The van der Waals surface area contributed by atoms with Gasteiger partial charge in [-0.05, 0) is 49.4 Å². The van der Waals surface area contributed by atoms with Gasteiger partial charge in [-0.2, -0.15) is 4.31 Å². The van der Waals surface area contributed by atoms with E-state index in [4.69, 9.17) is 0 Å². The Morgan fingerprint density at radius 1 is 1.14 bits per heavy atom. The molecule has 1 heterocycles. The molecule has 6 nitrogen and oxygen atoms in total. The third-order valence-corrected chi connectivity index (χ3v) is 8.25. The first-order valence-corrected chi connectivity index (χ1v) is 12.0. The van der Waals surface area contributed by atoms with Crippen molar-refractivity contribution in [3.8, 4) is 0 Å². The largest absolute Gasteiger partial charge is 0.325 e. The molecular weight excluding hydrogens is 374 g/mol. The molecule has 1 aromatic rings. The first kappa shape index (κ1) is 21.3. The number of carbonyl (C=O) groups is 1. The Bertz CT molecular complexity index is 777. The Morgan fingerprint density at radius 2 is 1.86 bits per heavy atom. The van der Waals surface area contributed by atoms with Gasteiger partial charge in [0.05, 0.1) is 11.4 Å². The maximum Gasteiger partial charge on any atom is 0.243 e.